The van der Waals surface area contributed by atoms with Gasteiger partial charge in [0.2, 0.25) is 0 Å². The Kier molecular flexibility index (Phi) is 4.46. The molecule has 0 fully saturated rings. The number of likely N-dealkylation sites (N-methyl/N-ethyl adjacent to an activating group) is 1. The molecule has 0 atom stereocenters. The van der Waals surface area contributed by atoms with Crippen molar-refractivity contribution in [3.63, 3.8) is 0 Å². The van der Waals surface area contributed by atoms with Crippen LogP contribution in [0.3, 0.4) is 0 Å². The quantitative estimate of drug-likeness (QED) is 0.475. The third kappa shape index (κ3) is 2.58. The lowest BCUT2D eigenvalue weighted by atomic mass is 10.3. The Morgan fingerprint density at radius 3 is 2.60 bits per heavy atom. The predicted octanol–water partition coefficient (Wildman–Crippen LogP) is 1.66. The van der Waals surface area contributed by atoms with Crippen LogP contribution in [0.15, 0.2) is 24.1 Å². The van der Waals surface area contributed by atoms with Crippen molar-refractivity contribution >= 4 is 0 Å². The van der Waals surface area contributed by atoms with E-state index in [0.717, 1.165) is 17.9 Å². The average Bonchev–Trinajstić information content (AvgIpc) is 1.99. The van der Waals surface area contributed by atoms with Gasteiger partial charge in [-0.1, -0.05) is 13.5 Å². The Morgan fingerprint density at radius 2 is 2.30 bits per heavy atom. The van der Waals surface area contributed by atoms with E-state index in [1.54, 1.807) is 7.11 Å². The number of nitrogens with one attached hydrogen (secondary N) is 1. The maximum Gasteiger partial charge on any atom is 0.137 e. The lowest BCUT2D eigenvalue weighted by Gasteiger charge is -2.07. The van der Waals surface area contributed by atoms with Crippen LogP contribution in [0.2, 0.25) is 0 Å². The molecule has 0 unspecified atom stereocenters. The zero-order valence-electron chi connectivity index (χ0n) is 6.90. The fourth-order valence-corrected chi connectivity index (χ4v) is 0.638. The van der Waals surface area contributed by atoms with E-state index in [4.69, 9.17) is 4.74 Å². The minimum Gasteiger partial charge on any atom is -0.495 e. The molecule has 1 N–H and O–H groups in total. The molecule has 0 aromatic carbocycles. The van der Waals surface area contributed by atoms with E-state index in [1.165, 1.54) is 0 Å². The first-order chi connectivity index (χ1) is 4.76. The van der Waals surface area contributed by atoms with Gasteiger partial charge in [0.15, 0.2) is 0 Å². The first kappa shape index (κ1) is 9.08. The fraction of sp³-hybridized carbons (Fsp3) is 0.500. The lowest BCUT2D eigenvalue weighted by Crippen LogP contribution is -2.07. The summed E-state index contributed by atoms with van der Waals surface area (Å²) in [5.74, 6) is 0.824. The predicted molar refractivity (Wildman–Crippen MR) is 43.6 cm³/mol. The Morgan fingerprint density at radius 1 is 1.70 bits per heavy atom. The molecule has 0 radical (unpaired) electrons. The Bertz CT molecular complexity index is 138. The monoisotopic (exact) mass is 141 g/mol. The van der Waals surface area contributed by atoms with E-state index < -0.39 is 0 Å². The summed E-state index contributed by atoms with van der Waals surface area (Å²) in [5, 5.41) is 2.91. The van der Waals surface area contributed by atoms with Crippen molar-refractivity contribution < 1.29 is 4.74 Å². The van der Waals surface area contributed by atoms with Gasteiger partial charge in [-0.15, -0.1) is 0 Å². The van der Waals surface area contributed by atoms with E-state index in [2.05, 4.69) is 18.8 Å². The Hall–Kier alpha value is -0.920. The topological polar surface area (TPSA) is 21.3 Å². The maximum absolute atomic E-state index is 5.04. The molecule has 0 aliphatic heterocycles. The molecular formula is C8H15NO. The average molecular weight is 141 g/mol. The molecule has 0 rings (SSSR count). The van der Waals surface area contributed by atoms with E-state index in [9.17, 15) is 0 Å². The summed E-state index contributed by atoms with van der Waals surface area (Å²) < 4.78 is 5.04. The van der Waals surface area contributed by atoms with Gasteiger partial charge >= 0.3 is 0 Å². The van der Waals surface area contributed by atoms with Crippen LogP contribution in [0.25, 0.3) is 0 Å². The lowest BCUT2D eigenvalue weighted by molar-refractivity contribution is 0.295. The van der Waals surface area contributed by atoms with Crippen molar-refractivity contribution in [3.05, 3.63) is 24.1 Å². The first-order valence-electron chi connectivity index (χ1n) is 3.37. The molecule has 10 heavy (non-hydrogen) atoms. The number of methoxy groups -OCH3 is 1. The minimum atomic E-state index is 0.823. The minimum absolute atomic E-state index is 0.823. The second-order valence-corrected chi connectivity index (χ2v) is 1.91. The number of allylic oxidation sites excluding steroid dienone is 1. The summed E-state index contributed by atoms with van der Waals surface area (Å²) in [5.41, 5.74) is 0.823. The van der Waals surface area contributed by atoms with Gasteiger partial charge in [-0.05, 0) is 12.5 Å². The number of ether oxygens (including phenoxy) is 1. The Labute approximate surface area is 62.6 Å². The van der Waals surface area contributed by atoms with Crippen LogP contribution in [0.4, 0.5) is 0 Å². The van der Waals surface area contributed by atoms with Crippen LogP contribution in [0, 0.1) is 0 Å². The molecule has 2 heteroatoms. The summed E-state index contributed by atoms with van der Waals surface area (Å²) in [6.07, 6.45) is 2.95. The zero-order valence-corrected chi connectivity index (χ0v) is 6.90. The number of hydrogen-bond acceptors (Lipinski definition) is 2. The van der Waals surface area contributed by atoms with Crippen LogP contribution in [0.5, 0.6) is 0 Å². The van der Waals surface area contributed by atoms with E-state index in [0.29, 0.717) is 0 Å². The van der Waals surface area contributed by atoms with Gasteiger partial charge < -0.3 is 10.1 Å². The van der Waals surface area contributed by atoms with E-state index in [1.807, 2.05) is 13.1 Å². The van der Waals surface area contributed by atoms with Crippen molar-refractivity contribution in [1.29, 1.82) is 0 Å². The van der Waals surface area contributed by atoms with Gasteiger partial charge in [-0.2, -0.15) is 0 Å². The summed E-state index contributed by atoms with van der Waals surface area (Å²) >= 11 is 0. The normalized spacial score (nSPS) is 10.9. The highest BCUT2D eigenvalue weighted by molar-refractivity contribution is 5.19. The molecule has 0 saturated heterocycles. The molecule has 0 heterocycles. The number of rotatable bonds is 4. The van der Waals surface area contributed by atoms with Gasteiger partial charge in [-0.3, -0.25) is 0 Å². The summed E-state index contributed by atoms with van der Waals surface area (Å²) in [6, 6.07) is 0. The molecule has 0 bridgehead atoms. The highest BCUT2D eigenvalue weighted by atomic mass is 16.5. The maximum atomic E-state index is 5.04. The molecule has 0 aliphatic carbocycles. The summed E-state index contributed by atoms with van der Waals surface area (Å²) in [4.78, 5) is 0. The van der Waals surface area contributed by atoms with Crippen molar-refractivity contribution in [2.75, 3.05) is 14.2 Å². The SMILES string of the molecule is C=C(NC)/C(=C\CC)OC. The van der Waals surface area contributed by atoms with Gasteiger partial charge in [0.25, 0.3) is 0 Å². The summed E-state index contributed by atoms with van der Waals surface area (Å²) in [6.45, 7) is 5.82. The molecule has 0 aromatic rings. The molecule has 0 aliphatic rings. The van der Waals surface area contributed by atoms with Gasteiger partial charge in [0, 0.05) is 7.05 Å². The van der Waals surface area contributed by atoms with Crippen LogP contribution >= 0.6 is 0 Å². The molecule has 0 amide bonds. The second-order valence-electron chi connectivity index (χ2n) is 1.91. The number of hydrogen-bond donors (Lipinski definition) is 1. The van der Waals surface area contributed by atoms with Crippen molar-refractivity contribution in [1.82, 2.24) is 5.32 Å². The fourth-order valence-electron chi connectivity index (χ4n) is 0.638. The van der Waals surface area contributed by atoms with Crippen molar-refractivity contribution in [2.24, 2.45) is 0 Å². The van der Waals surface area contributed by atoms with Crippen LogP contribution < -0.4 is 5.32 Å². The molecule has 0 spiro atoms. The third-order valence-electron chi connectivity index (χ3n) is 1.21. The third-order valence-corrected chi connectivity index (χ3v) is 1.21. The van der Waals surface area contributed by atoms with Gasteiger partial charge in [0.05, 0.1) is 12.8 Å². The highest BCUT2D eigenvalue weighted by Crippen LogP contribution is 2.04. The van der Waals surface area contributed by atoms with Gasteiger partial charge in [0.1, 0.15) is 5.76 Å². The smallest absolute Gasteiger partial charge is 0.137 e. The van der Waals surface area contributed by atoms with Gasteiger partial charge in [-0.25, -0.2) is 0 Å². The largest absolute Gasteiger partial charge is 0.495 e. The Balaban J connectivity index is 4.06. The van der Waals surface area contributed by atoms with Crippen LogP contribution in [0.1, 0.15) is 13.3 Å². The molecule has 2 nitrogen and oxygen atoms in total. The highest BCUT2D eigenvalue weighted by Gasteiger charge is 1.96. The van der Waals surface area contributed by atoms with E-state index >= 15 is 0 Å². The molecule has 0 saturated carbocycles. The summed E-state index contributed by atoms with van der Waals surface area (Å²) in [7, 11) is 3.47. The van der Waals surface area contributed by atoms with Crippen molar-refractivity contribution in [2.45, 2.75) is 13.3 Å². The molecular weight excluding hydrogens is 126 g/mol. The molecule has 58 valence electrons. The standard InChI is InChI=1S/C8H15NO/c1-5-6-8(10-4)7(2)9-3/h6,9H,2,5H2,1,3-4H3/b8-6+. The first-order valence-corrected chi connectivity index (χ1v) is 3.37. The molecule has 0 aromatic heterocycles. The van der Waals surface area contributed by atoms with Crippen LogP contribution in [-0.4, -0.2) is 14.2 Å². The zero-order chi connectivity index (χ0) is 7.98. The van der Waals surface area contributed by atoms with Crippen molar-refractivity contribution in [3.8, 4) is 0 Å². The second kappa shape index (κ2) is 4.91. The van der Waals surface area contributed by atoms with Crippen LogP contribution in [-0.2, 0) is 4.74 Å². The van der Waals surface area contributed by atoms with E-state index in [-0.39, 0.29) is 0 Å².